The number of nitrogens with one attached hydrogen (secondary N) is 1. The smallest absolute Gasteiger partial charge is 0.411 e. The molecule has 0 atom stereocenters. The number of carbonyl (C=O) groups excluding carboxylic acids is 1. The predicted molar refractivity (Wildman–Crippen MR) is 53.7 cm³/mol. The Morgan fingerprint density at radius 3 is 2.53 bits per heavy atom. The third-order valence-corrected chi connectivity index (χ3v) is 1.60. The van der Waals surface area contributed by atoms with Gasteiger partial charge in [-0.25, -0.2) is 4.79 Å². The molecule has 1 N–H and O–H groups in total. The molecule has 0 radical (unpaired) electrons. The van der Waals surface area contributed by atoms with E-state index in [2.05, 4.69) is 10.1 Å². The third-order valence-electron chi connectivity index (χ3n) is 1.60. The molecule has 6 nitrogen and oxygen atoms in total. The molecule has 0 spiro atoms. The highest BCUT2D eigenvalue weighted by atomic mass is 16.7. The standard InChI is InChI=1S/C9H10N2O4/c1-2-15-9(12)10-7-3-5-8(6-4-7)11(13)14/h3-6H,2H2,1H3,(H,10,12)/i3+2,4+2,5+2,6+2,7+2,8+2. The molecule has 1 amide bonds. The lowest BCUT2D eigenvalue weighted by molar-refractivity contribution is -0.384. The van der Waals surface area contributed by atoms with E-state index in [0.29, 0.717) is 5.69 Å². The summed E-state index contributed by atoms with van der Waals surface area (Å²) in [7, 11) is 0. The first-order valence-corrected chi connectivity index (χ1v) is 4.31. The Hall–Kier alpha value is -2.11. The molecule has 0 bridgehead atoms. The maximum atomic E-state index is 11.0. The average Bonchev–Trinajstić information content (AvgIpc) is 2.18. The van der Waals surface area contributed by atoms with Crippen molar-refractivity contribution in [2.45, 2.75) is 6.92 Å². The Labute approximate surface area is 86.0 Å². The lowest BCUT2D eigenvalue weighted by Gasteiger charge is -2.03. The molecule has 0 saturated carbocycles. The van der Waals surface area contributed by atoms with E-state index >= 15 is 0 Å². The van der Waals surface area contributed by atoms with E-state index in [1.807, 2.05) is 0 Å². The minimum Gasteiger partial charge on any atom is -0.450 e. The summed E-state index contributed by atoms with van der Waals surface area (Å²) >= 11 is 0. The van der Waals surface area contributed by atoms with Crippen molar-refractivity contribution in [2.24, 2.45) is 0 Å². The van der Waals surface area contributed by atoms with E-state index in [1.54, 1.807) is 6.92 Å². The average molecular weight is 222 g/mol. The molecular weight excluding hydrogens is 212 g/mol. The van der Waals surface area contributed by atoms with Crippen molar-refractivity contribution in [3.63, 3.8) is 0 Å². The summed E-state index contributed by atoms with van der Waals surface area (Å²) in [6.45, 7) is 1.97. The lowest BCUT2D eigenvalue weighted by Crippen LogP contribution is -2.13. The summed E-state index contributed by atoms with van der Waals surface area (Å²) in [6, 6.07) is 5.49. The SMILES string of the molecule is CCOC(=O)N[14c]1[14cH][14cH][14c]([N+](=O)[O-])[14cH][14cH]1. The number of carbonyl (C=O) groups is 1. The number of nitrogens with zero attached hydrogens (tertiary/aromatic N) is 1. The summed E-state index contributed by atoms with van der Waals surface area (Å²) < 4.78 is 4.64. The Morgan fingerprint density at radius 1 is 1.47 bits per heavy atom. The van der Waals surface area contributed by atoms with Gasteiger partial charge in [0.15, 0.2) is 0 Å². The number of benzene rings is 1. The first-order chi connectivity index (χ1) is 7.13. The molecule has 1 aromatic rings. The number of ether oxygens (including phenoxy) is 1. The van der Waals surface area contributed by atoms with Gasteiger partial charge in [-0.15, -0.1) is 0 Å². The van der Waals surface area contributed by atoms with Gasteiger partial charge in [0.05, 0.1) is 11.5 Å². The summed E-state index contributed by atoms with van der Waals surface area (Å²) in [5.74, 6) is 0. The van der Waals surface area contributed by atoms with Crippen LogP contribution >= 0.6 is 0 Å². The zero-order valence-electron chi connectivity index (χ0n) is 8.10. The largest absolute Gasteiger partial charge is 0.450 e. The first kappa shape index (κ1) is 11.0. The second-order valence-corrected chi connectivity index (χ2v) is 2.65. The molecule has 0 unspecified atom stereocenters. The van der Waals surface area contributed by atoms with Crippen LogP contribution in [0.1, 0.15) is 6.92 Å². The van der Waals surface area contributed by atoms with Gasteiger partial charge >= 0.3 is 6.09 Å². The molecule has 15 heavy (non-hydrogen) atoms. The summed E-state index contributed by atoms with van der Waals surface area (Å²) in [5.41, 5.74) is 0.434. The molecule has 0 aromatic heterocycles. The van der Waals surface area contributed by atoms with Crippen molar-refractivity contribution in [3.8, 4) is 0 Å². The van der Waals surface area contributed by atoms with Gasteiger partial charge in [-0.3, -0.25) is 15.4 Å². The van der Waals surface area contributed by atoms with E-state index in [-0.39, 0.29) is 12.3 Å². The van der Waals surface area contributed by atoms with Gasteiger partial charge in [0.1, 0.15) is 0 Å². The van der Waals surface area contributed by atoms with Crippen LogP contribution in [-0.2, 0) is 4.74 Å². The molecule has 0 heterocycles. The van der Waals surface area contributed by atoms with Crippen LogP contribution < -0.4 is 5.32 Å². The molecule has 0 saturated heterocycles. The minimum atomic E-state index is -0.577. The van der Waals surface area contributed by atoms with Gasteiger partial charge in [-0.05, 0) is 19.1 Å². The van der Waals surface area contributed by atoms with Crippen molar-refractivity contribution in [3.05, 3.63) is 34.4 Å². The number of hydrogen-bond donors (Lipinski definition) is 1. The topological polar surface area (TPSA) is 81.5 Å². The van der Waals surface area contributed by atoms with E-state index in [1.165, 1.54) is 24.3 Å². The van der Waals surface area contributed by atoms with Crippen molar-refractivity contribution in [1.29, 1.82) is 0 Å². The van der Waals surface area contributed by atoms with Crippen LogP contribution in [0, 0.1) is 10.1 Å². The number of amides is 1. The number of rotatable bonds is 3. The van der Waals surface area contributed by atoms with E-state index in [4.69, 9.17) is 0 Å². The summed E-state index contributed by atoms with van der Waals surface area (Å²) in [4.78, 5) is 20.8. The van der Waals surface area contributed by atoms with Gasteiger partial charge in [0, 0.05) is 17.8 Å². The van der Waals surface area contributed by atoms with Crippen LogP contribution in [0.3, 0.4) is 0 Å². The van der Waals surface area contributed by atoms with Gasteiger partial charge in [0.2, 0.25) is 0 Å². The quantitative estimate of drug-likeness (QED) is 0.627. The number of nitro groups is 1. The fourth-order valence-electron chi connectivity index (χ4n) is 0.952. The fraction of sp³-hybridized carbons (Fsp3) is 0.222. The molecule has 1 aromatic carbocycles. The maximum Gasteiger partial charge on any atom is 0.411 e. The number of non-ortho nitro benzene ring substituents is 1. The predicted octanol–water partition coefficient (Wildman–Crippen LogP) is 2.16. The van der Waals surface area contributed by atoms with Crippen LogP contribution in [0.4, 0.5) is 16.2 Å². The van der Waals surface area contributed by atoms with Crippen molar-refractivity contribution >= 4 is 17.5 Å². The number of hydrogen-bond acceptors (Lipinski definition) is 4. The molecule has 0 aliphatic heterocycles. The number of anilines is 1. The fourth-order valence-corrected chi connectivity index (χ4v) is 0.952. The highest BCUT2D eigenvalue weighted by Crippen LogP contribution is 2.15. The highest BCUT2D eigenvalue weighted by molar-refractivity contribution is 5.84. The second-order valence-electron chi connectivity index (χ2n) is 2.65. The normalized spacial score (nSPS) is 9.40. The minimum absolute atomic E-state index is 0.0237. The Bertz CT molecular complexity index is 361. The molecule has 0 fully saturated rings. The van der Waals surface area contributed by atoms with E-state index in [0.717, 1.165) is 0 Å². The maximum absolute atomic E-state index is 11.0. The van der Waals surface area contributed by atoms with E-state index < -0.39 is 11.0 Å². The molecule has 6 heteroatoms. The van der Waals surface area contributed by atoms with Crippen molar-refractivity contribution in [2.75, 3.05) is 11.9 Å². The first-order valence-electron chi connectivity index (χ1n) is 4.31. The van der Waals surface area contributed by atoms with Crippen LogP contribution in [0.25, 0.3) is 0 Å². The lowest BCUT2D eigenvalue weighted by atomic mass is 10.9. The zero-order chi connectivity index (χ0) is 11.3. The number of nitro benzene ring substituents is 1. The molecule has 80 valence electrons. The molecule has 1 rings (SSSR count). The van der Waals surface area contributed by atoms with Gasteiger partial charge in [-0.1, -0.05) is 0 Å². The highest BCUT2D eigenvalue weighted by Gasteiger charge is 2.05. The van der Waals surface area contributed by atoms with Crippen molar-refractivity contribution in [1.82, 2.24) is 0 Å². The third kappa shape index (κ3) is 3.26. The second kappa shape index (κ2) is 4.94. The summed E-state index contributed by atoms with van der Waals surface area (Å²) in [5, 5.41) is 12.8. The van der Waals surface area contributed by atoms with Gasteiger partial charge in [0.25, 0.3) is 5.69 Å². The Balaban J connectivity index is 2.64. The molecule has 0 aliphatic carbocycles. The zero-order valence-corrected chi connectivity index (χ0v) is 8.10. The molecule has 0 aliphatic rings. The monoisotopic (exact) mass is 222 g/mol. The van der Waals surface area contributed by atoms with Gasteiger partial charge < -0.3 is 4.74 Å². The van der Waals surface area contributed by atoms with Crippen LogP contribution in [-0.4, -0.2) is 17.6 Å². The molecular formula is C9H10N2O4. The van der Waals surface area contributed by atoms with Crippen molar-refractivity contribution < 1.29 is 14.5 Å². The summed E-state index contributed by atoms with van der Waals surface area (Å²) in [6.07, 6.45) is -0.577. The van der Waals surface area contributed by atoms with Gasteiger partial charge in [-0.2, -0.15) is 0 Å². The Kier molecular flexibility index (Phi) is 3.61. The van der Waals surface area contributed by atoms with Crippen LogP contribution in [0.2, 0.25) is 0 Å². The van der Waals surface area contributed by atoms with Crippen LogP contribution in [0.5, 0.6) is 0 Å². The van der Waals surface area contributed by atoms with Crippen LogP contribution in [0.15, 0.2) is 24.3 Å². The Morgan fingerprint density at radius 2 is 2.07 bits per heavy atom. The van der Waals surface area contributed by atoms with E-state index in [9.17, 15) is 14.9 Å².